The van der Waals surface area contributed by atoms with Crippen LogP contribution in [0.25, 0.3) is 0 Å². The van der Waals surface area contributed by atoms with E-state index in [1.807, 2.05) is 0 Å². The van der Waals surface area contributed by atoms with Gasteiger partial charge in [-0.2, -0.15) is 23.4 Å². The van der Waals surface area contributed by atoms with Crippen LogP contribution < -0.4 is 5.32 Å². The Hall–Kier alpha value is -2.52. The highest BCUT2D eigenvalue weighted by Crippen LogP contribution is 2.42. The number of alkyl halides is 3. The van der Waals surface area contributed by atoms with E-state index < -0.39 is 11.9 Å². The minimum atomic E-state index is -4.50. The number of benzene rings is 1. The summed E-state index contributed by atoms with van der Waals surface area (Å²) in [6.45, 7) is 0.393. The van der Waals surface area contributed by atoms with E-state index in [0.29, 0.717) is 33.5 Å². The summed E-state index contributed by atoms with van der Waals surface area (Å²) < 4.78 is 41.8. The van der Waals surface area contributed by atoms with Crippen LogP contribution in [0.3, 0.4) is 0 Å². The van der Waals surface area contributed by atoms with Crippen LogP contribution in [0.1, 0.15) is 42.1 Å². The molecule has 3 aromatic rings. The number of amides is 1. The summed E-state index contributed by atoms with van der Waals surface area (Å²) in [5.41, 5.74) is 0.782. The van der Waals surface area contributed by atoms with Gasteiger partial charge in [-0.05, 0) is 31.0 Å². The third-order valence-electron chi connectivity index (χ3n) is 4.95. The average molecular weight is 472 g/mol. The zero-order valence-corrected chi connectivity index (χ0v) is 17.7. The topological polar surface area (TPSA) is 64.7 Å². The molecule has 11 heteroatoms. The monoisotopic (exact) mass is 471 g/mol. The van der Waals surface area contributed by atoms with Crippen LogP contribution in [0, 0.1) is 0 Å². The lowest BCUT2D eigenvalue weighted by Gasteiger charge is -2.07. The molecule has 0 spiro atoms. The Balaban J connectivity index is 1.36. The molecule has 2 aromatic heterocycles. The van der Waals surface area contributed by atoms with Crippen LogP contribution in [0.4, 0.5) is 18.9 Å². The van der Waals surface area contributed by atoms with Crippen molar-refractivity contribution < 1.29 is 18.0 Å². The van der Waals surface area contributed by atoms with Gasteiger partial charge in [0.1, 0.15) is 0 Å². The molecule has 0 atom stereocenters. The maximum atomic E-state index is 13.0. The number of aromatic nitrogens is 4. The second kappa shape index (κ2) is 8.55. The lowest BCUT2D eigenvalue weighted by atomic mass is 10.2. The van der Waals surface area contributed by atoms with Crippen molar-refractivity contribution in [3.63, 3.8) is 0 Å². The molecule has 0 saturated heterocycles. The van der Waals surface area contributed by atoms with E-state index >= 15 is 0 Å². The fourth-order valence-corrected chi connectivity index (χ4v) is 3.76. The first kappa shape index (κ1) is 21.7. The Morgan fingerprint density at radius 3 is 2.58 bits per heavy atom. The molecule has 1 aliphatic carbocycles. The Morgan fingerprint density at radius 2 is 1.94 bits per heavy atom. The normalized spacial score (nSPS) is 14.1. The number of rotatable bonds is 7. The molecule has 4 rings (SSSR count). The van der Waals surface area contributed by atoms with Crippen molar-refractivity contribution in [1.82, 2.24) is 19.6 Å². The number of carbonyl (C=O) groups excluding carboxylic acids is 1. The predicted molar refractivity (Wildman–Crippen MR) is 110 cm³/mol. The molecule has 1 fully saturated rings. The third-order valence-corrected chi connectivity index (χ3v) is 5.65. The minimum absolute atomic E-state index is 0.0137. The number of nitrogens with one attached hydrogen (secondary N) is 1. The Bertz CT molecular complexity index is 1080. The predicted octanol–water partition coefficient (Wildman–Crippen LogP) is 5.36. The highest BCUT2D eigenvalue weighted by atomic mass is 35.5. The number of carbonyl (C=O) groups is 1. The van der Waals surface area contributed by atoms with Gasteiger partial charge in [0.05, 0.1) is 18.4 Å². The molecule has 6 nitrogen and oxygen atoms in total. The van der Waals surface area contributed by atoms with E-state index in [1.54, 1.807) is 29.1 Å². The van der Waals surface area contributed by atoms with Crippen LogP contribution in [0.2, 0.25) is 10.0 Å². The number of nitrogens with zero attached hydrogens (tertiary/aromatic N) is 4. The maximum Gasteiger partial charge on any atom is 0.435 e. The van der Waals surface area contributed by atoms with Crippen molar-refractivity contribution in [2.24, 2.45) is 0 Å². The van der Waals surface area contributed by atoms with Crippen molar-refractivity contribution in [3.8, 4) is 0 Å². The van der Waals surface area contributed by atoms with Crippen molar-refractivity contribution >= 4 is 34.8 Å². The molecule has 1 aliphatic rings. The smallest absolute Gasteiger partial charge is 0.323 e. The molecular formula is C20H18Cl2F3N5O. The van der Waals surface area contributed by atoms with Crippen molar-refractivity contribution in [2.75, 3.05) is 5.32 Å². The molecule has 0 radical (unpaired) electrons. The van der Waals surface area contributed by atoms with E-state index in [4.69, 9.17) is 23.2 Å². The third kappa shape index (κ3) is 5.22. The summed E-state index contributed by atoms with van der Waals surface area (Å²) in [6, 6.07) is 6.28. The van der Waals surface area contributed by atoms with Crippen molar-refractivity contribution in [2.45, 2.75) is 44.4 Å². The van der Waals surface area contributed by atoms with Gasteiger partial charge in [0.25, 0.3) is 0 Å². The molecule has 1 saturated carbocycles. The zero-order valence-electron chi connectivity index (χ0n) is 16.2. The SMILES string of the molecule is O=C(CCn1nc(C(F)(F)F)cc1C1CC1)Nc1cnn(Cc2c(Cl)cccc2Cl)c1. The van der Waals surface area contributed by atoms with Gasteiger partial charge in [0, 0.05) is 46.4 Å². The quantitative estimate of drug-likeness (QED) is 0.504. The molecule has 1 N–H and O–H groups in total. The number of hydrogen-bond donors (Lipinski definition) is 1. The Labute approximate surface area is 185 Å². The van der Waals surface area contributed by atoms with E-state index in [9.17, 15) is 18.0 Å². The molecular weight excluding hydrogens is 454 g/mol. The standard InChI is InChI=1S/C20H18Cl2F3N5O/c21-15-2-1-3-16(22)14(15)11-29-10-13(9-26-29)27-19(31)6-7-30-17(12-4-5-12)8-18(28-30)20(23,24)25/h1-3,8-10,12H,4-7,11H2,(H,27,31). The largest absolute Gasteiger partial charge is 0.435 e. The molecule has 1 amide bonds. The van der Waals surface area contributed by atoms with Crippen molar-refractivity contribution in [1.29, 1.82) is 0 Å². The van der Waals surface area contributed by atoms with Crippen LogP contribution in [-0.4, -0.2) is 25.5 Å². The lowest BCUT2D eigenvalue weighted by molar-refractivity contribution is -0.141. The van der Waals surface area contributed by atoms with Gasteiger partial charge in [-0.25, -0.2) is 0 Å². The van der Waals surface area contributed by atoms with Gasteiger partial charge in [0.2, 0.25) is 5.91 Å². The molecule has 1 aromatic carbocycles. The van der Waals surface area contributed by atoms with Crippen molar-refractivity contribution in [3.05, 3.63) is 63.7 Å². The highest BCUT2D eigenvalue weighted by molar-refractivity contribution is 6.35. The van der Waals surface area contributed by atoms with Gasteiger partial charge in [0.15, 0.2) is 5.69 Å². The first-order valence-corrected chi connectivity index (χ1v) is 10.4. The van der Waals surface area contributed by atoms with E-state index in [2.05, 4.69) is 15.5 Å². The summed E-state index contributed by atoms with van der Waals surface area (Å²) in [4.78, 5) is 12.3. The summed E-state index contributed by atoms with van der Waals surface area (Å²) in [6.07, 6.45) is 0.265. The first-order valence-electron chi connectivity index (χ1n) is 9.61. The molecule has 164 valence electrons. The minimum Gasteiger partial charge on any atom is -0.323 e. The van der Waals surface area contributed by atoms with E-state index in [0.717, 1.165) is 18.9 Å². The average Bonchev–Trinajstić information content (AvgIpc) is 3.28. The maximum absolute atomic E-state index is 13.0. The van der Waals surface area contributed by atoms with Crippen LogP contribution in [0.5, 0.6) is 0 Å². The van der Waals surface area contributed by atoms with Gasteiger partial charge >= 0.3 is 6.18 Å². The second-order valence-corrected chi connectivity index (χ2v) is 8.19. The molecule has 0 bridgehead atoms. The fraction of sp³-hybridized carbons (Fsp3) is 0.350. The number of aryl methyl sites for hydroxylation is 1. The van der Waals surface area contributed by atoms with Gasteiger partial charge in [-0.3, -0.25) is 14.2 Å². The van der Waals surface area contributed by atoms with Crippen LogP contribution >= 0.6 is 23.2 Å². The second-order valence-electron chi connectivity index (χ2n) is 7.37. The lowest BCUT2D eigenvalue weighted by Crippen LogP contribution is -2.16. The number of hydrogen-bond acceptors (Lipinski definition) is 3. The first-order chi connectivity index (χ1) is 14.7. The van der Waals surface area contributed by atoms with Crippen LogP contribution in [0.15, 0.2) is 36.7 Å². The van der Waals surface area contributed by atoms with E-state index in [1.165, 1.54) is 10.9 Å². The summed E-state index contributed by atoms with van der Waals surface area (Å²) >= 11 is 12.3. The van der Waals surface area contributed by atoms with Gasteiger partial charge < -0.3 is 5.32 Å². The van der Waals surface area contributed by atoms with Gasteiger partial charge in [-0.15, -0.1) is 0 Å². The molecule has 0 unspecified atom stereocenters. The zero-order chi connectivity index (χ0) is 22.2. The molecule has 31 heavy (non-hydrogen) atoms. The fourth-order valence-electron chi connectivity index (χ4n) is 3.25. The molecule has 0 aliphatic heterocycles. The summed E-state index contributed by atoms with van der Waals surface area (Å²) in [5.74, 6) is -0.261. The number of halogens is 5. The summed E-state index contributed by atoms with van der Waals surface area (Å²) in [5, 5.41) is 11.6. The number of anilines is 1. The van der Waals surface area contributed by atoms with E-state index in [-0.39, 0.29) is 24.8 Å². The highest BCUT2D eigenvalue weighted by Gasteiger charge is 2.37. The Kier molecular flexibility index (Phi) is 5.98. The summed E-state index contributed by atoms with van der Waals surface area (Å²) in [7, 11) is 0. The molecule has 2 heterocycles. The van der Waals surface area contributed by atoms with Crippen LogP contribution in [-0.2, 0) is 24.1 Å². The Morgan fingerprint density at radius 1 is 1.23 bits per heavy atom. The van der Waals surface area contributed by atoms with Gasteiger partial charge in [-0.1, -0.05) is 29.3 Å².